The van der Waals surface area contributed by atoms with E-state index in [4.69, 9.17) is 0 Å². The van der Waals surface area contributed by atoms with Gasteiger partial charge in [-0.1, -0.05) is 0 Å². The van der Waals surface area contributed by atoms with Crippen LogP contribution in [0.25, 0.3) is 22.0 Å². The van der Waals surface area contributed by atoms with Crippen LogP contribution in [0.3, 0.4) is 0 Å². The molecule has 0 fully saturated rings. The van der Waals surface area contributed by atoms with E-state index < -0.39 is 0 Å². The number of benzene rings is 3. The summed E-state index contributed by atoms with van der Waals surface area (Å²) in [5.74, 6) is 0. The first-order chi connectivity index (χ1) is 13.3. The van der Waals surface area contributed by atoms with E-state index in [1.807, 2.05) is 16.7 Å². The predicted molar refractivity (Wildman–Crippen MR) is 113 cm³/mol. The summed E-state index contributed by atoms with van der Waals surface area (Å²) in [7, 11) is 0. The van der Waals surface area contributed by atoms with Crippen LogP contribution in [0, 0.1) is 0 Å². The molecule has 0 aliphatic carbocycles. The van der Waals surface area contributed by atoms with E-state index in [1.54, 1.807) is 0 Å². The molecular formula is C24H19NOSe. The standard InChI is InChI=1S/C24H19NOSe/c26-24-23(27-19-13-5-2-6-14-19)21(17-9-3-1-4-10-17)20-15-7-11-18-12-8-16-25(24)22(18)20/h1-7,9-11,13-15H,8,12,16H2. The fourth-order valence-corrected chi connectivity index (χ4v) is 6.22. The van der Waals surface area contributed by atoms with E-state index in [9.17, 15) is 4.79 Å². The summed E-state index contributed by atoms with van der Waals surface area (Å²) in [6, 6.07) is 27.3. The molecule has 1 aliphatic rings. The maximum atomic E-state index is 13.6. The number of hydrogen-bond donors (Lipinski definition) is 0. The first kappa shape index (κ1) is 16.6. The topological polar surface area (TPSA) is 22.0 Å². The van der Waals surface area contributed by atoms with E-state index in [1.165, 1.54) is 15.4 Å². The van der Waals surface area contributed by atoms with Crippen molar-refractivity contribution in [3.05, 3.63) is 94.8 Å². The van der Waals surface area contributed by atoms with Gasteiger partial charge in [0.1, 0.15) is 0 Å². The number of nitrogens with zero attached hydrogens (tertiary/aromatic N) is 1. The molecule has 132 valence electrons. The number of hydrogen-bond acceptors (Lipinski definition) is 1. The Morgan fingerprint density at radius 2 is 1.56 bits per heavy atom. The zero-order valence-electron chi connectivity index (χ0n) is 14.9. The molecule has 0 amide bonds. The van der Waals surface area contributed by atoms with Gasteiger partial charge >= 0.3 is 165 Å². The molecule has 2 nitrogen and oxygen atoms in total. The quantitative estimate of drug-likeness (QED) is 0.470. The number of aromatic nitrogens is 1. The monoisotopic (exact) mass is 417 g/mol. The number of pyridine rings is 1. The van der Waals surface area contributed by atoms with Crippen LogP contribution in [0.4, 0.5) is 0 Å². The van der Waals surface area contributed by atoms with Gasteiger partial charge in [0.2, 0.25) is 0 Å². The van der Waals surface area contributed by atoms with E-state index in [2.05, 4.69) is 66.7 Å². The molecule has 27 heavy (non-hydrogen) atoms. The minimum atomic E-state index is -0.0331. The Bertz CT molecular complexity index is 1180. The second kappa shape index (κ2) is 6.84. The third-order valence-corrected chi connectivity index (χ3v) is 7.47. The second-order valence-corrected chi connectivity index (χ2v) is 9.13. The number of aryl methyl sites for hydroxylation is 2. The Morgan fingerprint density at radius 3 is 2.33 bits per heavy atom. The van der Waals surface area contributed by atoms with Crippen LogP contribution in [0.5, 0.6) is 0 Å². The first-order valence-electron chi connectivity index (χ1n) is 9.29. The minimum absolute atomic E-state index is 0.0331. The summed E-state index contributed by atoms with van der Waals surface area (Å²) < 4.78 is 4.23. The summed E-state index contributed by atoms with van der Waals surface area (Å²) in [5, 5.41) is 1.21. The van der Waals surface area contributed by atoms with Crippen LogP contribution in [0.2, 0.25) is 0 Å². The van der Waals surface area contributed by atoms with Crippen molar-refractivity contribution in [3.8, 4) is 11.1 Å². The molecule has 0 saturated carbocycles. The van der Waals surface area contributed by atoms with Gasteiger partial charge in [0.15, 0.2) is 0 Å². The summed E-state index contributed by atoms with van der Waals surface area (Å²) >= 11 is -0.0331. The normalized spacial score (nSPS) is 13.0. The maximum absolute atomic E-state index is 13.6. The second-order valence-electron chi connectivity index (χ2n) is 6.86. The molecule has 2 heterocycles. The third-order valence-electron chi connectivity index (χ3n) is 5.18. The molecule has 0 bridgehead atoms. The molecule has 5 rings (SSSR count). The van der Waals surface area contributed by atoms with Crippen molar-refractivity contribution in [1.29, 1.82) is 0 Å². The summed E-state index contributed by atoms with van der Waals surface area (Å²) in [6.45, 7) is 0.819. The fourth-order valence-electron chi connectivity index (χ4n) is 4.00. The van der Waals surface area contributed by atoms with Gasteiger partial charge < -0.3 is 0 Å². The SMILES string of the molecule is O=c1c([Se]c2ccccc2)c(-c2ccccc2)c2cccc3c2n1CCC3. The molecule has 0 spiro atoms. The average Bonchev–Trinajstić information content (AvgIpc) is 2.73. The van der Waals surface area contributed by atoms with Crippen LogP contribution in [0.15, 0.2) is 83.7 Å². The molecule has 0 saturated heterocycles. The van der Waals surface area contributed by atoms with E-state index >= 15 is 0 Å². The van der Waals surface area contributed by atoms with E-state index in [0.717, 1.165) is 40.5 Å². The van der Waals surface area contributed by atoms with Crippen molar-refractivity contribution in [1.82, 2.24) is 4.57 Å². The van der Waals surface area contributed by atoms with Gasteiger partial charge in [-0.05, 0) is 0 Å². The summed E-state index contributed by atoms with van der Waals surface area (Å²) in [5.41, 5.74) is 4.89. The van der Waals surface area contributed by atoms with Gasteiger partial charge in [-0.15, -0.1) is 0 Å². The van der Waals surface area contributed by atoms with Crippen LogP contribution in [0.1, 0.15) is 12.0 Å². The van der Waals surface area contributed by atoms with Crippen LogP contribution in [-0.2, 0) is 13.0 Å². The number of para-hydroxylation sites is 1. The van der Waals surface area contributed by atoms with Crippen molar-refractivity contribution in [2.75, 3.05) is 0 Å². The number of rotatable bonds is 3. The molecule has 3 heteroatoms. The van der Waals surface area contributed by atoms with Gasteiger partial charge in [-0.25, -0.2) is 0 Å². The summed E-state index contributed by atoms with van der Waals surface area (Å²) in [4.78, 5) is 13.6. The molecule has 1 aliphatic heterocycles. The van der Waals surface area contributed by atoms with Crippen LogP contribution >= 0.6 is 0 Å². The van der Waals surface area contributed by atoms with Gasteiger partial charge in [0.25, 0.3) is 0 Å². The molecule has 0 N–H and O–H groups in total. The van der Waals surface area contributed by atoms with Gasteiger partial charge in [-0.3, -0.25) is 0 Å². The fraction of sp³-hybridized carbons (Fsp3) is 0.125. The zero-order valence-corrected chi connectivity index (χ0v) is 16.6. The molecule has 1 aromatic heterocycles. The molecule has 0 radical (unpaired) electrons. The average molecular weight is 416 g/mol. The molecule has 0 unspecified atom stereocenters. The van der Waals surface area contributed by atoms with Crippen molar-refractivity contribution in [2.45, 2.75) is 19.4 Å². The predicted octanol–water partition coefficient (Wildman–Crippen LogP) is 3.27. The Hall–Kier alpha value is -2.61. The van der Waals surface area contributed by atoms with E-state index in [0.29, 0.717) is 0 Å². The third kappa shape index (κ3) is 2.84. The summed E-state index contributed by atoms with van der Waals surface area (Å²) in [6.07, 6.45) is 2.09. The molecular weight excluding hydrogens is 397 g/mol. The Labute approximate surface area is 164 Å². The van der Waals surface area contributed by atoms with Crippen molar-refractivity contribution in [2.24, 2.45) is 0 Å². The van der Waals surface area contributed by atoms with Crippen LogP contribution in [-0.4, -0.2) is 19.5 Å². The van der Waals surface area contributed by atoms with Crippen molar-refractivity contribution < 1.29 is 0 Å². The molecule has 3 aromatic carbocycles. The van der Waals surface area contributed by atoms with Gasteiger partial charge in [-0.2, -0.15) is 0 Å². The Morgan fingerprint density at radius 1 is 0.815 bits per heavy atom. The van der Waals surface area contributed by atoms with Crippen molar-refractivity contribution in [3.63, 3.8) is 0 Å². The first-order valence-corrected chi connectivity index (χ1v) is 11.0. The molecule has 0 atom stereocenters. The Kier molecular flexibility index (Phi) is 4.20. The van der Waals surface area contributed by atoms with Gasteiger partial charge in [0, 0.05) is 0 Å². The van der Waals surface area contributed by atoms with Crippen LogP contribution < -0.4 is 14.5 Å². The Balaban J connectivity index is 1.88. The zero-order chi connectivity index (χ0) is 18.2. The van der Waals surface area contributed by atoms with Crippen molar-refractivity contribution >= 4 is 34.8 Å². The molecule has 4 aromatic rings. The van der Waals surface area contributed by atoms with Gasteiger partial charge in [0.05, 0.1) is 0 Å². The van der Waals surface area contributed by atoms with E-state index in [-0.39, 0.29) is 20.5 Å².